The van der Waals surface area contributed by atoms with Crippen LogP contribution in [0.1, 0.15) is 64.7 Å². The SMILES string of the molecule is CCCCCCCCC(=O)CNC1CC1. The molecule has 0 radical (unpaired) electrons. The van der Waals surface area contributed by atoms with Gasteiger partial charge in [-0.2, -0.15) is 0 Å². The highest BCUT2D eigenvalue weighted by Gasteiger charge is 2.20. The topological polar surface area (TPSA) is 29.1 Å². The lowest BCUT2D eigenvalue weighted by Gasteiger charge is -2.02. The number of unbranched alkanes of at least 4 members (excludes halogenated alkanes) is 5. The fraction of sp³-hybridized carbons (Fsp3) is 0.923. The Balaban J connectivity index is 1.79. The first-order valence-electron chi connectivity index (χ1n) is 6.58. The van der Waals surface area contributed by atoms with E-state index in [0.29, 0.717) is 18.4 Å². The molecule has 0 aromatic rings. The van der Waals surface area contributed by atoms with Crippen molar-refractivity contribution < 1.29 is 4.79 Å². The maximum atomic E-state index is 11.4. The van der Waals surface area contributed by atoms with Crippen molar-refractivity contribution >= 4 is 5.78 Å². The summed E-state index contributed by atoms with van der Waals surface area (Å²) in [6.45, 7) is 2.84. The summed E-state index contributed by atoms with van der Waals surface area (Å²) in [6, 6.07) is 0.665. The Morgan fingerprint density at radius 1 is 1.13 bits per heavy atom. The molecule has 0 amide bonds. The lowest BCUT2D eigenvalue weighted by Crippen LogP contribution is -2.24. The van der Waals surface area contributed by atoms with Crippen molar-refractivity contribution in [2.24, 2.45) is 0 Å². The van der Waals surface area contributed by atoms with E-state index in [1.165, 1.54) is 44.9 Å². The van der Waals surface area contributed by atoms with Gasteiger partial charge in [-0.1, -0.05) is 39.0 Å². The van der Waals surface area contributed by atoms with Crippen molar-refractivity contribution in [3.05, 3.63) is 0 Å². The molecule has 0 bridgehead atoms. The molecular formula is C13H25NO. The third-order valence-corrected chi connectivity index (χ3v) is 2.97. The van der Waals surface area contributed by atoms with Gasteiger partial charge in [0.05, 0.1) is 6.54 Å². The molecule has 2 nitrogen and oxygen atoms in total. The summed E-state index contributed by atoms with van der Waals surface area (Å²) in [5, 5.41) is 3.27. The zero-order valence-corrected chi connectivity index (χ0v) is 10.1. The third-order valence-electron chi connectivity index (χ3n) is 2.97. The molecule has 0 atom stereocenters. The first kappa shape index (κ1) is 12.7. The highest BCUT2D eigenvalue weighted by Crippen LogP contribution is 2.18. The van der Waals surface area contributed by atoms with Crippen molar-refractivity contribution in [1.29, 1.82) is 0 Å². The van der Waals surface area contributed by atoms with Crippen LogP contribution in [0.5, 0.6) is 0 Å². The van der Waals surface area contributed by atoms with E-state index in [-0.39, 0.29) is 0 Å². The van der Waals surface area contributed by atoms with Crippen LogP contribution < -0.4 is 5.32 Å². The van der Waals surface area contributed by atoms with Gasteiger partial charge < -0.3 is 5.32 Å². The number of ketones is 1. The number of hydrogen-bond donors (Lipinski definition) is 1. The Morgan fingerprint density at radius 3 is 2.47 bits per heavy atom. The Kier molecular flexibility index (Phi) is 6.66. The van der Waals surface area contributed by atoms with Gasteiger partial charge in [0.1, 0.15) is 5.78 Å². The normalized spacial score (nSPS) is 15.5. The van der Waals surface area contributed by atoms with Gasteiger partial charge in [-0.15, -0.1) is 0 Å². The number of hydrogen-bond acceptors (Lipinski definition) is 2. The molecule has 1 N–H and O–H groups in total. The molecule has 1 aliphatic rings. The van der Waals surface area contributed by atoms with E-state index in [9.17, 15) is 4.79 Å². The zero-order valence-electron chi connectivity index (χ0n) is 10.1. The molecular weight excluding hydrogens is 186 g/mol. The maximum absolute atomic E-state index is 11.4. The summed E-state index contributed by atoms with van der Waals surface area (Å²) in [5.41, 5.74) is 0. The van der Waals surface area contributed by atoms with Gasteiger partial charge in [0, 0.05) is 12.5 Å². The average Bonchev–Trinajstić information content (AvgIpc) is 3.04. The van der Waals surface area contributed by atoms with E-state index in [1.807, 2.05) is 0 Å². The molecule has 0 aromatic carbocycles. The number of Topliss-reactive ketones (excluding diaryl/α,β-unsaturated/α-hetero) is 1. The largest absolute Gasteiger partial charge is 0.307 e. The van der Waals surface area contributed by atoms with E-state index in [0.717, 1.165) is 12.8 Å². The van der Waals surface area contributed by atoms with Gasteiger partial charge >= 0.3 is 0 Å². The number of carbonyl (C=O) groups is 1. The Bertz CT molecular complexity index is 175. The molecule has 0 spiro atoms. The lowest BCUT2D eigenvalue weighted by atomic mass is 10.1. The number of rotatable bonds is 10. The van der Waals surface area contributed by atoms with Crippen molar-refractivity contribution in [2.75, 3.05) is 6.54 Å². The van der Waals surface area contributed by atoms with E-state index < -0.39 is 0 Å². The second kappa shape index (κ2) is 7.86. The van der Waals surface area contributed by atoms with Gasteiger partial charge in [-0.3, -0.25) is 4.79 Å². The molecule has 0 unspecified atom stereocenters. The predicted octanol–water partition coefficient (Wildman–Crippen LogP) is 3.06. The van der Waals surface area contributed by atoms with Crippen LogP contribution in [-0.2, 0) is 4.79 Å². The molecule has 1 fully saturated rings. The van der Waals surface area contributed by atoms with Gasteiger partial charge in [0.25, 0.3) is 0 Å². The molecule has 1 rings (SSSR count). The molecule has 0 heterocycles. The van der Waals surface area contributed by atoms with E-state index in [4.69, 9.17) is 0 Å². The lowest BCUT2D eigenvalue weighted by molar-refractivity contribution is -0.118. The molecule has 1 aliphatic carbocycles. The minimum Gasteiger partial charge on any atom is -0.307 e. The summed E-state index contributed by atoms with van der Waals surface area (Å²) >= 11 is 0. The van der Waals surface area contributed by atoms with Crippen molar-refractivity contribution in [1.82, 2.24) is 5.32 Å². The van der Waals surface area contributed by atoms with Crippen LogP contribution in [0.2, 0.25) is 0 Å². The quantitative estimate of drug-likeness (QED) is 0.563. The van der Waals surface area contributed by atoms with Crippen LogP contribution in [0, 0.1) is 0 Å². The molecule has 0 aliphatic heterocycles. The highest BCUT2D eigenvalue weighted by atomic mass is 16.1. The molecule has 15 heavy (non-hydrogen) atoms. The number of carbonyl (C=O) groups excluding carboxylic acids is 1. The smallest absolute Gasteiger partial charge is 0.146 e. The summed E-state index contributed by atoms with van der Waals surface area (Å²) in [6.07, 6.45) is 10.9. The monoisotopic (exact) mass is 211 g/mol. The first-order valence-corrected chi connectivity index (χ1v) is 6.58. The minimum absolute atomic E-state index is 0.400. The summed E-state index contributed by atoms with van der Waals surface area (Å²) in [4.78, 5) is 11.4. The second-order valence-corrected chi connectivity index (χ2v) is 4.71. The van der Waals surface area contributed by atoms with Gasteiger partial charge in [0.2, 0.25) is 0 Å². The van der Waals surface area contributed by atoms with Gasteiger partial charge in [-0.05, 0) is 19.3 Å². The fourth-order valence-corrected chi connectivity index (χ4v) is 1.74. The van der Waals surface area contributed by atoms with Crippen molar-refractivity contribution in [3.8, 4) is 0 Å². The van der Waals surface area contributed by atoms with Crippen LogP contribution in [0.3, 0.4) is 0 Å². The zero-order chi connectivity index (χ0) is 10.9. The van der Waals surface area contributed by atoms with E-state index >= 15 is 0 Å². The highest BCUT2D eigenvalue weighted by molar-refractivity contribution is 5.80. The third kappa shape index (κ3) is 7.55. The van der Waals surface area contributed by atoms with Crippen molar-refractivity contribution in [3.63, 3.8) is 0 Å². The summed E-state index contributed by atoms with van der Waals surface area (Å²) in [5.74, 6) is 0.400. The maximum Gasteiger partial charge on any atom is 0.146 e. The van der Waals surface area contributed by atoms with Gasteiger partial charge in [-0.25, -0.2) is 0 Å². The van der Waals surface area contributed by atoms with Crippen molar-refractivity contribution in [2.45, 2.75) is 70.8 Å². The van der Waals surface area contributed by atoms with Crippen LogP contribution in [0.4, 0.5) is 0 Å². The molecule has 1 saturated carbocycles. The minimum atomic E-state index is 0.400. The van der Waals surface area contributed by atoms with Crippen LogP contribution in [0.15, 0.2) is 0 Å². The number of nitrogens with one attached hydrogen (secondary N) is 1. The first-order chi connectivity index (χ1) is 7.33. The molecule has 0 aromatic heterocycles. The summed E-state index contributed by atoms with van der Waals surface area (Å²) < 4.78 is 0. The van der Waals surface area contributed by atoms with E-state index in [1.54, 1.807) is 0 Å². The fourth-order valence-electron chi connectivity index (χ4n) is 1.74. The molecule has 88 valence electrons. The Labute approximate surface area is 93.8 Å². The van der Waals surface area contributed by atoms with Gasteiger partial charge in [0.15, 0.2) is 0 Å². The molecule has 0 saturated heterocycles. The summed E-state index contributed by atoms with van der Waals surface area (Å²) in [7, 11) is 0. The predicted molar refractivity (Wildman–Crippen MR) is 64.0 cm³/mol. The Hall–Kier alpha value is -0.370. The average molecular weight is 211 g/mol. The molecule has 2 heteroatoms. The second-order valence-electron chi connectivity index (χ2n) is 4.71. The van der Waals surface area contributed by atoms with Crippen LogP contribution in [0.25, 0.3) is 0 Å². The van der Waals surface area contributed by atoms with Crippen LogP contribution in [-0.4, -0.2) is 18.4 Å². The van der Waals surface area contributed by atoms with Crippen LogP contribution >= 0.6 is 0 Å². The van der Waals surface area contributed by atoms with E-state index in [2.05, 4.69) is 12.2 Å². The standard InChI is InChI=1S/C13H25NO/c1-2-3-4-5-6-7-8-13(15)11-14-12-9-10-12/h12,14H,2-11H2,1H3. The Morgan fingerprint density at radius 2 is 1.80 bits per heavy atom.